The fourth-order valence-electron chi connectivity index (χ4n) is 1.25. The number of hydrogen-bond acceptors (Lipinski definition) is 3. The Balaban J connectivity index is 3.10. The van der Waals surface area contributed by atoms with Gasteiger partial charge in [-0.1, -0.05) is 29.3 Å². The summed E-state index contributed by atoms with van der Waals surface area (Å²) >= 11 is 11.7. The SMILES string of the molecule is CC(=O)OC(C(C)=O)c1ccc(Cl)cc1Cl. The minimum atomic E-state index is -0.970. The summed E-state index contributed by atoms with van der Waals surface area (Å²) in [5.41, 5.74) is 0.439. The van der Waals surface area contributed by atoms with Gasteiger partial charge >= 0.3 is 5.97 Å². The number of benzene rings is 1. The molecule has 5 heteroatoms. The molecular formula is C11H10Cl2O3. The highest BCUT2D eigenvalue weighted by molar-refractivity contribution is 6.35. The van der Waals surface area contributed by atoms with E-state index >= 15 is 0 Å². The van der Waals surface area contributed by atoms with Crippen LogP contribution in [0.5, 0.6) is 0 Å². The van der Waals surface area contributed by atoms with Gasteiger partial charge in [0, 0.05) is 22.5 Å². The van der Waals surface area contributed by atoms with Crippen molar-refractivity contribution >= 4 is 35.0 Å². The first-order valence-corrected chi connectivity index (χ1v) is 5.30. The second-order valence-electron chi connectivity index (χ2n) is 3.27. The summed E-state index contributed by atoms with van der Waals surface area (Å²) in [6.07, 6.45) is -0.970. The van der Waals surface area contributed by atoms with E-state index in [1.165, 1.54) is 19.9 Å². The van der Waals surface area contributed by atoms with Crippen molar-refractivity contribution in [2.75, 3.05) is 0 Å². The largest absolute Gasteiger partial charge is 0.450 e. The van der Waals surface area contributed by atoms with Crippen molar-refractivity contribution in [3.63, 3.8) is 0 Å². The van der Waals surface area contributed by atoms with Crippen molar-refractivity contribution in [3.8, 4) is 0 Å². The monoisotopic (exact) mass is 260 g/mol. The van der Waals surface area contributed by atoms with E-state index in [1.54, 1.807) is 12.1 Å². The fraction of sp³-hybridized carbons (Fsp3) is 0.273. The highest BCUT2D eigenvalue weighted by Crippen LogP contribution is 2.29. The molecule has 1 unspecified atom stereocenters. The predicted octanol–water partition coefficient (Wildman–Crippen LogP) is 3.19. The number of ketones is 1. The van der Waals surface area contributed by atoms with Crippen LogP contribution in [0.3, 0.4) is 0 Å². The maximum absolute atomic E-state index is 11.3. The van der Waals surface area contributed by atoms with Gasteiger partial charge in [0.2, 0.25) is 0 Å². The summed E-state index contributed by atoms with van der Waals surface area (Å²) < 4.78 is 4.90. The van der Waals surface area contributed by atoms with Crippen LogP contribution in [0.1, 0.15) is 25.5 Å². The highest BCUT2D eigenvalue weighted by Gasteiger charge is 2.22. The third-order valence-corrected chi connectivity index (χ3v) is 2.46. The summed E-state index contributed by atoms with van der Waals surface area (Å²) in [6, 6.07) is 4.65. The molecule has 0 N–H and O–H groups in total. The van der Waals surface area contributed by atoms with Crippen LogP contribution in [0, 0.1) is 0 Å². The Morgan fingerprint density at radius 2 is 1.88 bits per heavy atom. The van der Waals surface area contributed by atoms with Crippen LogP contribution in [-0.4, -0.2) is 11.8 Å². The first kappa shape index (κ1) is 13.0. The van der Waals surface area contributed by atoms with Crippen molar-refractivity contribution in [2.24, 2.45) is 0 Å². The number of rotatable bonds is 3. The molecule has 1 aromatic rings. The van der Waals surface area contributed by atoms with Crippen LogP contribution < -0.4 is 0 Å². The average molecular weight is 261 g/mol. The van der Waals surface area contributed by atoms with Gasteiger partial charge in [0.15, 0.2) is 11.9 Å². The number of hydrogen-bond donors (Lipinski definition) is 0. The quantitative estimate of drug-likeness (QED) is 0.785. The molecule has 0 aromatic heterocycles. The minimum Gasteiger partial charge on any atom is -0.450 e. The summed E-state index contributed by atoms with van der Waals surface area (Å²) in [5, 5.41) is 0.757. The number of carbonyl (C=O) groups excluding carboxylic acids is 2. The fourth-order valence-corrected chi connectivity index (χ4v) is 1.75. The van der Waals surface area contributed by atoms with Gasteiger partial charge in [-0.05, 0) is 19.1 Å². The third kappa shape index (κ3) is 3.22. The first-order chi connectivity index (χ1) is 7.41. The normalized spacial score (nSPS) is 12.0. The van der Waals surface area contributed by atoms with E-state index < -0.39 is 12.1 Å². The molecule has 0 amide bonds. The smallest absolute Gasteiger partial charge is 0.303 e. The Hall–Kier alpha value is -1.06. The van der Waals surface area contributed by atoms with E-state index in [2.05, 4.69) is 0 Å². The van der Waals surface area contributed by atoms with E-state index in [0.29, 0.717) is 15.6 Å². The Labute approximate surface area is 103 Å². The van der Waals surface area contributed by atoms with Crippen LogP contribution in [-0.2, 0) is 14.3 Å². The third-order valence-electron chi connectivity index (χ3n) is 1.90. The molecule has 0 fully saturated rings. The summed E-state index contributed by atoms with van der Waals surface area (Å²) in [4.78, 5) is 22.2. The number of Topliss-reactive ketones (excluding diaryl/α,β-unsaturated/α-hetero) is 1. The number of carbonyl (C=O) groups is 2. The van der Waals surface area contributed by atoms with Gasteiger partial charge in [-0.25, -0.2) is 0 Å². The zero-order valence-electron chi connectivity index (χ0n) is 8.79. The molecule has 0 bridgehead atoms. The summed E-state index contributed by atoms with van der Waals surface area (Å²) in [5.74, 6) is -0.828. The predicted molar refractivity (Wildman–Crippen MR) is 61.7 cm³/mol. The van der Waals surface area contributed by atoms with Crippen molar-refractivity contribution in [2.45, 2.75) is 20.0 Å². The Kier molecular flexibility index (Phi) is 4.33. The molecule has 0 heterocycles. The van der Waals surface area contributed by atoms with Gasteiger partial charge in [-0.15, -0.1) is 0 Å². The van der Waals surface area contributed by atoms with Gasteiger partial charge in [0.1, 0.15) is 0 Å². The molecular weight excluding hydrogens is 251 g/mol. The standard InChI is InChI=1S/C11H10Cl2O3/c1-6(14)11(16-7(2)15)9-4-3-8(12)5-10(9)13/h3-5,11H,1-2H3. The van der Waals surface area contributed by atoms with Crippen molar-refractivity contribution in [1.29, 1.82) is 0 Å². The second kappa shape index (κ2) is 5.32. The van der Waals surface area contributed by atoms with Crippen LogP contribution in [0.25, 0.3) is 0 Å². The summed E-state index contributed by atoms with van der Waals surface area (Å²) in [6.45, 7) is 2.57. The Morgan fingerprint density at radius 3 is 2.31 bits per heavy atom. The average Bonchev–Trinajstić information content (AvgIpc) is 2.14. The molecule has 0 radical (unpaired) electrons. The van der Waals surface area contributed by atoms with Gasteiger partial charge in [0.25, 0.3) is 0 Å². The van der Waals surface area contributed by atoms with Crippen LogP contribution in [0.4, 0.5) is 0 Å². The van der Waals surface area contributed by atoms with Crippen molar-refractivity contribution in [1.82, 2.24) is 0 Å². The van der Waals surface area contributed by atoms with E-state index in [0.717, 1.165) is 0 Å². The van der Waals surface area contributed by atoms with Crippen LogP contribution in [0.15, 0.2) is 18.2 Å². The molecule has 0 aliphatic carbocycles. The number of halogens is 2. The minimum absolute atomic E-state index is 0.292. The highest BCUT2D eigenvalue weighted by atomic mass is 35.5. The van der Waals surface area contributed by atoms with Gasteiger partial charge in [-0.3, -0.25) is 9.59 Å². The van der Waals surface area contributed by atoms with Gasteiger partial charge < -0.3 is 4.74 Å². The van der Waals surface area contributed by atoms with E-state index in [-0.39, 0.29) is 5.78 Å². The van der Waals surface area contributed by atoms with E-state index in [4.69, 9.17) is 27.9 Å². The van der Waals surface area contributed by atoms with Gasteiger partial charge in [-0.2, -0.15) is 0 Å². The first-order valence-electron chi connectivity index (χ1n) is 4.54. The zero-order chi connectivity index (χ0) is 12.3. The zero-order valence-corrected chi connectivity index (χ0v) is 10.3. The second-order valence-corrected chi connectivity index (χ2v) is 4.11. The molecule has 0 saturated carbocycles. The Morgan fingerprint density at radius 1 is 1.25 bits per heavy atom. The van der Waals surface area contributed by atoms with Crippen molar-refractivity contribution in [3.05, 3.63) is 33.8 Å². The molecule has 0 aliphatic rings. The molecule has 1 rings (SSSR count). The molecule has 3 nitrogen and oxygen atoms in total. The lowest BCUT2D eigenvalue weighted by Gasteiger charge is -2.15. The topological polar surface area (TPSA) is 43.4 Å². The van der Waals surface area contributed by atoms with Crippen LogP contribution in [0.2, 0.25) is 10.0 Å². The number of esters is 1. The van der Waals surface area contributed by atoms with Gasteiger partial charge in [0.05, 0.1) is 0 Å². The molecule has 0 aliphatic heterocycles. The number of ether oxygens (including phenoxy) is 1. The molecule has 0 spiro atoms. The maximum Gasteiger partial charge on any atom is 0.303 e. The Bertz CT molecular complexity index is 429. The summed E-state index contributed by atoms with van der Waals surface area (Å²) in [7, 11) is 0. The molecule has 1 atom stereocenters. The maximum atomic E-state index is 11.3. The van der Waals surface area contributed by atoms with Crippen LogP contribution >= 0.6 is 23.2 Å². The molecule has 16 heavy (non-hydrogen) atoms. The lowest BCUT2D eigenvalue weighted by Crippen LogP contribution is -2.16. The molecule has 0 saturated heterocycles. The van der Waals surface area contributed by atoms with E-state index in [9.17, 15) is 9.59 Å². The lowest BCUT2D eigenvalue weighted by molar-refractivity contribution is -0.152. The molecule has 1 aromatic carbocycles. The lowest BCUT2D eigenvalue weighted by atomic mass is 10.1. The molecule has 86 valence electrons. The van der Waals surface area contributed by atoms with Crippen molar-refractivity contribution < 1.29 is 14.3 Å². The van der Waals surface area contributed by atoms with E-state index in [1.807, 2.05) is 0 Å².